The van der Waals surface area contributed by atoms with E-state index in [0.717, 1.165) is 11.1 Å². The van der Waals surface area contributed by atoms with Crippen LogP contribution in [0.3, 0.4) is 0 Å². The van der Waals surface area contributed by atoms with E-state index in [2.05, 4.69) is 5.32 Å². The Labute approximate surface area is 201 Å². The van der Waals surface area contributed by atoms with Gasteiger partial charge in [0.05, 0.1) is 23.9 Å². The Morgan fingerprint density at radius 2 is 1.82 bits per heavy atom. The first-order chi connectivity index (χ1) is 16.3. The van der Waals surface area contributed by atoms with Gasteiger partial charge in [0.25, 0.3) is 5.91 Å². The predicted octanol–water partition coefficient (Wildman–Crippen LogP) is 3.89. The van der Waals surface area contributed by atoms with E-state index < -0.39 is 29.2 Å². The van der Waals surface area contributed by atoms with Crippen molar-refractivity contribution in [2.75, 3.05) is 23.4 Å². The zero-order valence-electron chi connectivity index (χ0n) is 19.1. The van der Waals surface area contributed by atoms with Crippen molar-refractivity contribution in [3.63, 3.8) is 0 Å². The molecule has 1 N–H and O–H groups in total. The molecule has 8 nitrogen and oxygen atoms in total. The predicted molar refractivity (Wildman–Crippen MR) is 131 cm³/mol. The number of nitrogens with zero attached hydrogens (tertiary/aromatic N) is 2. The number of fused-ring (bicyclic) bond motifs is 1. The molecule has 176 valence electrons. The van der Waals surface area contributed by atoms with Crippen LogP contribution >= 0.6 is 11.8 Å². The molecule has 0 spiro atoms. The van der Waals surface area contributed by atoms with Crippen molar-refractivity contribution in [1.82, 2.24) is 4.90 Å². The van der Waals surface area contributed by atoms with E-state index in [9.17, 15) is 19.2 Å². The van der Waals surface area contributed by atoms with Gasteiger partial charge in [0.1, 0.15) is 11.8 Å². The maximum Gasteiger partial charge on any atom is 0.338 e. The van der Waals surface area contributed by atoms with E-state index in [0.29, 0.717) is 16.9 Å². The minimum Gasteiger partial charge on any atom is -0.462 e. The highest BCUT2D eigenvalue weighted by atomic mass is 32.2. The Morgan fingerprint density at radius 3 is 2.53 bits per heavy atom. The fourth-order valence-electron chi connectivity index (χ4n) is 3.97. The molecule has 2 aromatic rings. The van der Waals surface area contributed by atoms with Crippen LogP contribution in [0.2, 0.25) is 0 Å². The van der Waals surface area contributed by atoms with E-state index in [4.69, 9.17) is 4.74 Å². The molecule has 2 aliphatic heterocycles. The van der Waals surface area contributed by atoms with Crippen LogP contribution in [-0.4, -0.2) is 53.2 Å². The summed E-state index contributed by atoms with van der Waals surface area (Å²) in [5.41, 5.74) is 3.20. The lowest BCUT2D eigenvalue weighted by Gasteiger charge is -2.41. The molecule has 2 aromatic carbocycles. The highest BCUT2D eigenvalue weighted by molar-refractivity contribution is 8.03. The fourth-order valence-corrected chi connectivity index (χ4v) is 5.01. The van der Waals surface area contributed by atoms with Crippen LogP contribution in [0.25, 0.3) is 0 Å². The number of benzene rings is 2. The molecule has 2 unspecified atom stereocenters. The van der Waals surface area contributed by atoms with E-state index in [1.165, 1.54) is 21.6 Å². The number of imide groups is 1. The number of carbonyl (C=O) groups excluding carboxylic acids is 4. The van der Waals surface area contributed by atoms with Gasteiger partial charge in [0.15, 0.2) is 0 Å². The number of esters is 1. The second-order valence-corrected chi connectivity index (χ2v) is 9.08. The Morgan fingerprint density at radius 1 is 1.09 bits per heavy atom. The second kappa shape index (κ2) is 9.72. The molecule has 0 radical (unpaired) electrons. The minimum atomic E-state index is -0.528. The van der Waals surface area contributed by atoms with Crippen molar-refractivity contribution < 1.29 is 23.9 Å². The standard InChI is InChI=1S/C25H25N3O5S/c1-4-33-24(31)17-8-10-18(11-9-17)26-21(29)14-27-20-12-13-34-22(20)23(30)28(25(27)32)19-7-5-6-15(2)16(19)3/h5-13,20,22H,4,14H2,1-3H3,(H,26,29). The number of anilines is 2. The van der Waals surface area contributed by atoms with Gasteiger partial charge >= 0.3 is 12.0 Å². The van der Waals surface area contributed by atoms with Crippen LogP contribution in [0.5, 0.6) is 0 Å². The summed E-state index contributed by atoms with van der Waals surface area (Å²) in [6.07, 6.45) is 1.78. The Hall–Kier alpha value is -3.59. The van der Waals surface area contributed by atoms with Crippen molar-refractivity contribution in [2.45, 2.75) is 32.1 Å². The van der Waals surface area contributed by atoms with E-state index >= 15 is 0 Å². The van der Waals surface area contributed by atoms with Crippen molar-refractivity contribution in [2.24, 2.45) is 0 Å². The minimum absolute atomic E-state index is 0.223. The monoisotopic (exact) mass is 479 g/mol. The summed E-state index contributed by atoms with van der Waals surface area (Å²) in [7, 11) is 0. The van der Waals surface area contributed by atoms with Gasteiger partial charge in [-0.1, -0.05) is 18.2 Å². The number of hydrogen-bond acceptors (Lipinski definition) is 6. The molecule has 2 heterocycles. The topological polar surface area (TPSA) is 96.0 Å². The number of thioether (sulfide) groups is 1. The first-order valence-electron chi connectivity index (χ1n) is 10.9. The highest BCUT2D eigenvalue weighted by Gasteiger charge is 2.48. The third-order valence-corrected chi connectivity index (χ3v) is 6.97. The SMILES string of the molecule is CCOC(=O)c1ccc(NC(=O)CN2C(=O)N(c3cccc(C)c3C)C(=O)C3SC=CC32)cc1. The van der Waals surface area contributed by atoms with Crippen molar-refractivity contribution in [1.29, 1.82) is 0 Å². The third-order valence-electron chi connectivity index (χ3n) is 5.88. The lowest BCUT2D eigenvalue weighted by molar-refractivity contribution is -0.121. The second-order valence-electron chi connectivity index (χ2n) is 8.02. The smallest absolute Gasteiger partial charge is 0.338 e. The Kier molecular flexibility index (Phi) is 6.74. The molecule has 4 amide bonds. The van der Waals surface area contributed by atoms with Gasteiger partial charge in [-0.3, -0.25) is 9.59 Å². The Balaban J connectivity index is 1.53. The molecule has 0 bridgehead atoms. The van der Waals surface area contributed by atoms with Gasteiger partial charge in [-0.15, -0.1) is 11.8 Å². The fraction of sp³-hybridized carbons (Fsp3) is 0.280. The van der Waals surface area contributed by atoms with Crippen molar-refractivity contribution in [3.8, 4) is 0 Å². The van der Waals surface area contributed by atoms with Crippen LogP contribution in [0.1, 0.15) is 28.4 Å². The van der Waals surface area contributed by atoms with Gasteiger partial charge in [-0.05, 0) is 67.6 Å². The molecule has 1 fully saturated rings. The number of ether oxygens (including phenoxy) is 1. The van der Waals surface area contributed by atoms with Crippen LogP contribution < -0.4 is 10.2 Å². The maximum atomic E-state index is 13.5. The molecular weight excluding hydrogens is 454 g/mol. The zero-order valence-corrected chi connectivity index (χ0v) is 19.9. The Bertz CT molecular complexity index is 1180. The van der Waals surface area contributed by atoms with Crippen LogP contribution in [0.4, 0.5) is 16.2 Å². The number of nitrogens with one attached hydrogen (secondary N) is 1. The summed E-state index contributed by atoms with van der Waals surface area (Å²) in [5.74, 6) is -1.13. The van der Waals surface area contributed by atoms with Gasteiger partial charge in [0, 0.05) is 5.69 Å². The third kappa shape index (κ3) is 4.43. The number of rotatable bonds is 6. The molecule has 0 aromatic heterocycles. The number of urea groups is 1. The quantitative estimate of drug-likeness (QED) is 0.632. The first kappa shape index (κ1) is 23.6. The lowest BCUT2D eigenvalue weighted by atomic mass is 10.0. The normalized spacial score (nSPS) is 19.3. The molecule has 2 atom stereocenters. The number of carbonyl (C=O) groups is 4. The van der Waals surface area contributed by atoms with Crippen molar-refractivity contribution in [3.05, 3.63) is 70.6 Å². The summed E-state index contributed by atoms with van der Waals surface area (Å²) in [5, 5.41) is 4.05. The van der Waals surface area contributed by atoms with Crippen LogP contribution in [-0.2, 0) is 14.3 Å². The van der Waals surface area contributed by atoms with E-state index in [1.54, 1.807) is 54.8 Å². The molecular formula is C25H25N3O5S. The largest absolute Gasteiger partial charge is 0.462 e. The zero-order chi connectivity index (χ0) is 24.4. The van der Waals surface area contributed by atoms with Gasteiger partial charge in [-0.25, -0.2) is 14.5 Å². The average Bonchev–Trinajstić information content (AvgIpc) is 3.30. The number of aryl methyl sites for hydroxylation is 1. The lowest BCUT2D eigenvalue weighted by Crippen LogP contribution is -2.63. The van der Waals surface area contributed by atoms with Crippen molar-refractivity contribution >= 4 is 47.0 Å². The molecule has 1 saturated heterocycles. The number of amides is 4. The number of hydrogen-bond donors (Lipinski definition) is 1. The maximum absolute atomic E-state index is 13.5. The molecule has 34 heavy (non-hydrogen) atoms. The molecule has 0 saturated carbocycles. The summed E-state index contributed by atoms with van der Waals surface area (Å²) in [6, 6.07) is 10.8. The highest BCUT2D eigenvalue weighted by Crippen LogP contribution is 2.37. The van der Waals surface area contributed by atoms with Gasteiger partial charge < -0.3 is 15.0 Å². The summed E-state index contributed by atoms with van der Waals surface area (Å²) in [4.78, 5) is 54.0. The molecule has 9 heteroatoms. The van der Waals surface area contributed by atoms with E-state index in [-0.39, 0.29) is 19.1 Å². The summed E-state index contributed by atoms with van der Waals surface area (Å²) >= 11 is 1.35. The molecule has 2 aliphatic rings. The molecule has 4 rings (SSSR count). The average molecular weight is 480 g/mol. The van der Waals surface area contributed by atoms with Crippen LogP contribution in [0, 0.1) is 13.8 Å². The van der Waals surface area contributed by atoms with Crippen LogP contribution in [0.15, 0.2) is 53.9 Å². The van der Waals surface area contributed by atoms with Gasteiger partial charge in [0.2, 0.25) is 5.91 Å². The van der Waals surface area contributed by atoms with Gasteiger partial charge in [-0.2, -0.15) is 0 Å². The first-order valence-corrected chi connectivity index (χ1v) is 11.9. The van der Waals surface area contributed by atoms with E-state index in [1.807, 2.05) is 19.9 Å². The summed E-state index contributed by atoms with van der Waals surface area (Å²) < 4.78 is 4.96. The molecule has 0 aliphatic carbocycles. The summed E-state index contributed by atoms with van der Waals surface area (Å²) in [6.45, 7) is 5.57.